The zero-order valence-corrected chi connectivity index (χ0v) is 12.7. The molecule has 2 N–H and O–H groups in total. The van der Waals surface area contributed by atoms with E-state index in [1.54, 1.807) is 13.0 Å². The molecule has 0 aliphatic rings. The van der Waals surface area contributed by atoms with Crippen LogP contribution in [-0.4, -0.2) is 19.5 Å². The second kappa shape index (κ2) is 5.76. The summed E-state index contributed by atoms with van der Waals surface area (Å²) in [5, 5.41) is 9.02. The average molecular weight is 323 g/mol. The molecule has 2 aromatic rings. The van der Waals surface area contributed by atoms with Crippen LogP contribution in [-0.2, 0) is 10.0 Å². The Morgan fingerprint density at radius 2 is 1.82 bits per heavy atom. The van der Waals surface area contributed by atoms with Crippen LogP contribution in [0.3, 0.4) is 0 Å². The molecule has 0 aliphatic carbocycles. The van der Waals surface area contributed by atoms with Crippen molar-refractivity contribution in [3.05, 3.63) is 58.9 Å². The summed E-state index contributed by atoms with van der Waals surface area (Å²) in [6.07, 6.45) is 0. The van der Waals surface area contributed by atoms with Crippen molar-refractivity contribution >= 4 is 21.7 Å². The maximum absolute atomic E-state index is 13.6. The number of hydrogen-bond donors (Lipinski definition) is 2. The van der Waals surface area contributed by atoms with Crippen molar-refractivity contribution in [2.45, 2.75) is 18.7 Å². The monoisotopic (exact) mass is 323 g/mol. The highest BCUT2D eigenvalue weighted by Gasteiger charge is 2.21. The Labute approximate surface area is 127 Å². The van der Waals surface area contributed by atoms with E-state index >= 15 is 0 Å². The second-order valence-corrected chi connectivity index (χ2v) is 6.50. The number of aryl methyl sites for hydroxylation is 2. The minimum absolute atomic E-state index is 0.0174. The van der Waals surface area contributed by atoms with E-state index in [0.717, 1.165) is 17.2 Å². The molecule has 0 atom stereocenters. The van der Waals surface area contributed by atoms with Gasteiger partial charge in [-0.2, -0.15) is 0 Å². The summed E-state index contributed by atoms with van der Waals surface area (Å²) >= 11 is 0. The SMILES string of the molecule is Cc1ccc(S(=O)(=O)Nc2cccc(F)c2C(=O)O)cc1C. The maximum atomic E-state index is 13.6. The average Bonchev–Trinajstić information content (AvgIpc) is 2.40. The molecule has 0 unspecified atom stereocenters. The number of aromatic carboxylic acids is 1. The molecule has 0 heterocycles. The van der Waals surface area contributed by atoms with Crippen LogP contribution >= 0.6 is 0 Å². The molecule has 0 saturated heterocycles. The fourth-order valence-corrected chi connectivity index (χ4v) is 3.07. The van der Waals surface area contributed by atoms with Gasteiger partial charge in [0.25, 0.3) is 10.0 Å². The lowest BCUT2D eigenvalue weighted by molar-refractivity contribution is 0.0693. The molecule has 2 rings (SSSR count). The van der Waals surface area contributed by atoms with Gasteiger partial charge in [0, 0.05) is 0 Å². The van der Waals surface area contributed by atoms with Gasteiger partial charge in [-0.1, -0.05) is 12.1 Å². The van der Waals surface area contributed by atoms with E-state index in [-0.39, 0.29) is 10.6 Å². The normalized spacial score (nSPS) is 11.2. The van der Waals surface area contributed by atoms with E-state index in [2.05, 4.69) is 4.72 Å². The fourth-order valence-electron chi connectivity index (χ4n) is 1.91. The van der Waals surface area contributed by atoms with E-state index in [1.807, 2.05) is 6.92 Å². The van der Waals surface area contributed by atoms with Crippen LogP contribution in [0.1, 0.15) is 21.5 Å². The topological polar surface area (TPSA) is 83.5 Å². The number of carboxylic acids is 1. The zero-order valence-electron chi connectivity index (χ0n) is 11.9. The summed E-state index contributed by atoms with van der Waals surface area (Å²) in [5.74, 6) is -2.55. The van der Waals surface area contributed by atoms with Crippen molar-refractivity contribution in [2.75, 3.05) is 4.72 Å². The highest BCUT2D eigenvalue weighted by Crippen LogP contribution is 2.23. The van der Waals surface area contributed by atoms with E-state index in [4.69, 9.17) is 5.11 Å². The first-order valence-corrected chi connectivity index (χ1v) is 7.82. The molecule has 0 amide bonds. The lowest BCUT2D eigenvalue weighted by Gasteiger charge is -2.12. The molecule has 2 aromatic carbocycles. The van der Waals surface area contributed by atoms with Crippen LogP contribution in [0, 0.1) is 19.7 Å². The Bertz CT molecular complexity index is 847. The maximum Gasteiger partial charge on any atom is 0.340 e. The molecular formula is C15H14FNO4S. The van der Waals surface area contributed by atoms with Gasteiger partial charge >= 0.3 is 5.97 Å². The quantitative estimate of drug-likeness (QED) is 0.906. The van der Waals surface area contributed by atoms with Gasteiger partial charge in [-0.3, -0.25) is 4.72 Å². The third-order valence-electron chi connectivity index (χ3n) is 3.26. The Morgan fingerprint density at radius 3 is 2.41 bits per heavy atom. The molecule has 116 valence electrons. The minimum Gasteiger partial charge on any atom is -0.478 e. The second-order valence-electron chi connectivity index (χ2n) is 4.82. The van der Waals surface area contributed by atoms with Crippen molar-refractivity contribution in [1.82, 2.24) is 0 Å². The Hall–Kier alpha value is -2.41. The number of hydrogen-bond acceptors (Lipinski definition) is 3. The number of nitrogens with one attached hydrogen (secondary N) is 1. The highest BCUT2D eigenvalue weighted by atomic mass is 32.2. The summed E-state index contributed by atoms with van der Waals surface area (Å²) in [7, 11) is -4.01. The van der Waals surface area contributed by atoms with E-state index in [9.17, 15) is 17.6 Å². The van der Waals surface area contributed by atoms with Crippen molar-refractivity contribution in [3.8, 4) is 0 Å². The fraction of sp³-hybridized carbons (Fsp3) is 0.133. The Kier molecular flexibility index (Phi) is 4.18. The van der Waals surface area contributed by atoms with Gasteiger partial charge in [0.2, 0.25) is 0 Å². The lowest BCUT2D eigenvalue weighted by Crippen LogP contribution is -2.16. The molecule has 0 aliphatic heterocycles. The summed E-state index contributed by atoms with van der Waals surface area (Å²) in [6.45, 7) is 3.60. The third kappa shape index (κ3) is 3.09. The van der Waals surface area contributed by atoms with Gasteiger partial charge in [-0.15, -0.1) is 0 Å². The lowest BCUT2D eigenvalue weighted by atomic mass is 10.1. The number of carboxylic acid groups (broad SMARTS) is 1. The number of rotatable bonds is 4. The zero-order chi connectivity index (χ0) is 16.5. The molecule has 0 saturated carbocycles. The number of benzene rings is 2. The van der Waals surface area contributed by atoms with Crippen LogP contribution in [0.25, 0.3) is 0 Å². The number of carbonyl (C=O) groups is 1. The first-order valence-electron chi connectivity index (χ1n) is 6.34. The predicted molar refractivity (Wildman–Crippen MR) is 80.1 cm³/mol. The van der Waals surface area contributed by atoms with Gasteiger partial charge in [0.15, 0.2) is 0 Å². The first-order chi connectivity index (χ1) is 10.2. The Morgan fingerprint density at radius 1 is 1.14 bits per heavy atom. The van der Waals surface area contributed by atoms with E-state index in [1.165, 1.54) is 24.3 Å². The minimum atomic E-state index is -4.01. The van der Waals surface area contributed by atoms with Crippen LogP contribution in [0.5, 0.6) is 0 Å². The van der Waals surface area contributed by atoms with Crippen molar-refractivity contribution < 1.29 is 22.7 Å². The predicted octanol–water partition coefficient (Wildman–Crippen LogP) is 2.94. The summed E-state index contributed by atoms with van der Waals surface area (Å²) < 4.78 is 40.4. The molecule has 0 bridgehead atoms. The van der Waals surface area contributed by atoms with Gasteiger partial charge in [0.05, 0.1) is 10.6 Å². The van der Waals surface area contributed by atoms with Crippen molar-refractivity contribution in [3.63, 3.8) is 0 Å². The van der Waals surface area contributed by atoms with Crippen LogP contribution < -0.4 is 4.72 Å². The van der Waals surface area contributed by atoms with Gasteiger partial charge < -0.3 is 5.11 Å². The number of halogens is 1. The highest BCUT2D eigenvalue weighted by molar-refractivity contribution is 7.92. The largest absolute Gasteiger partial charge is 0.478 e. The molecule has 5 nitrogen and oxygen atoms in total. The van der Waals surface area contributed by atoms with E-state index in [0.29, 0.717) is 0 Å². The molecule has 0 aromatic heterocycles. The van der Waals surface area contributed by atoms with Crippen LogP contribution in [0.2, 0.25) is 0 Å². The van der Waals surface area contributed by atoms with Gasteiger partial charge in [0.1, 0.15) is 11.4 Å². The summed E-state index contributed by atoms with van der Waals surface area (Å²) in [6, 6.07) is 7.91. The molecule has 0 fully saturated rings. The molecular weight excluding hydrogens is 309 g/mol. The van der Waals surface area contributed by atoms with E-state index < -0.39 is 27.4 Å². The third-order valence-corrected chi connectivity index (χ3v) is 4.62. The van der Waals surface area contributed by atoms with Crippen LogP contribution in [0.15, 0.2) is 41.3 Å². The Balaban J connectivity index is 2.48. The number of sulfonamides is 1. The van der Waals surface area contributed by atoms with Crippen LogP contribution in [0.4, 0.5) is 10.1 Å². The molecule has 0 spiro atoms. The molecule has 0 radical (unpaired) electrons. The summed E-state index contributed by atoms with van der Waals surface area (Å²) in [4.78, 5) is 11.1. The first kappa shape index (κ1) is 16.0. The van der Waals surface area contributed by atoms with Crippen molar-refractivity contribution in [1.29, 1.82) is 0 Å². The standard InChI is InChI=1S/C15H14FNO4S/c1-9-6-7-11(8-10(9)2)22(20,21)17-13-5-3-4-12(16)14(13)15(18)19/h3-8,17H,1-2H3,(H,18,19). The molecule has 7 heteroatoms. The number of anilines is 1. The molecule has 22 heavy (non-hydrogen) atoms. The smallest absolute Gasteiger partial charge is 0.340 e. The summed E-state index contributed by atoms with van der Waals surface area (Å²) in [5.41, 5.74) is 0.678. The van der Waals surface area contributed by atoms with Gasteiger partial charge in [-0.25, -0.2) is 17.6 Å². The van der Waals surface area contributed by atoms with Gasteiger partial charge in [-0.05, 0) is 49.2 Å². The van der Waals surface area contributed by atoms with Crippen molar-refractivity contribution in [2.24, 2.45) is 0 Å².